The van der Waals surface area contributed by atoms with E-state index in [9.17, 15) is 14.3 Å². The third-order valence-corrected chi connectivity index (χ3v) is 3.84. The number of hydrogen-bond donors (Lipinski definition) is 2. The molecule has 0 radical (unpaired) electrons. The van der Waals surface area contributed by atoms with E-state index in [1.54, 1.807) is 12.1 Å². The minimum atomic E-state index is -0.369. The zero-order valence-electron chi connectivity index (χ0n) is 11.1. The van der Waals surface area contributed by atoms with Gasteiger partial charge in [0.2, 0.25) is 0 Å². The molecule has 1 aromatic carbocycles. The second-order valence-corrected chi connectivity index (χ2v) is 5.32. The first-order valence-corrected chi connectivity index (χ1v) is 6.84. The van der Waals surface area contributed by atoms with Gasteiger partial charge in [-0.25, -0.2) is 4.39 Å². The Morgan fingerprint density at radius 1 is 1.40 bits per heavy atom. The lowest BCUT2D eigenvalue weighted by atomic mass is 10.1. The van der Waals surface area contributed by atoms with Gasteiger partial charge in [-0.15, -0.1) is 0 Å². The Kier molecular flexibility index (Phi) is 3.54. The monoisotopic (exact) mass is 276 g/mol. The minimum absolute atomic E-state index is 0.247. The fourth-order valence-corrected chi connectivity index (χ4v) is 2.73. The molecule has 1 atom stereocenters. The summed E-state index contributed by atoms with van der Waals surface area (Å²) < 4.78 is 13.7. The Morgan fingerprint density at radius 2 is 2.25 bits per heavy atom. The lowest BCUT2D eigenvalue weighted by Gasteiger charge is -2.14. The first-order valence-electron chi connectivity index (χ1n) is 6.84. The summed E-state index contributed by atoms with van der Waals surface area (Å²) in [5.74, 6) is -0.369. The zero-order valence-corrected chi connectivity index (χ0v) is 11.1. The number of rotatable bonds is 3. The fourth-order valence-electron chi connectivity index (χ4n) is 2.73. The van der Waals surface area contributed by atoms with Gasteiger partial charge in [0.25, 0.3) is 5.56 Å². The summed E-state index contributed by atoms with van der Waals surface area (Å²) in [5.41, 5.74) is 0.479. The average molecular weight is 276 g/mol. The first-order chi connectivity index (χ1) is 9.63. The van der Waals surface area contributed by atoms with Gasteiger partial charge in [-0.1, -0.05) is 6.07 Å². The van der Waals surface area contributed by atoms with Gasteiger partial charge in [0.1, 0.15) is 5.82 Å². The first kappa shape index (κ1) is 13.3. The molecule has 0 amide bonds. The molecule has 1 aliphatic rings. The van der Waals surface area contributed by atoms with E-state index in [4.69, 9.17) is 0 Å². The number of hydrogen-bond acceptors (Lipinski definition) is 3. The number of benzene rings is 1. The van der Waals surface area contributed by atoms with Crippen molar-refractivity contribution >= 4 is 10.8 Å². The van der Waals surface area contributed by atoms with Crippen molar-refractivity contribution in [3.63, 3.8) is 0 Å². The molecule has 1 saturated heterocycles. The molecule has 1 unspecified atom stereocenters. The molecular formula is C15H17FN2O2. The highest BCUT2D eigenvalue weighted by Gasteiger charge is 2.19. The van der Waals surface area contributed by atoms with Gasteiger partial charge < -0.3 is 15.0 Å². The maximum atomic E-state index is 13.7. The van der Waals surface area contributed by atoms with E-state index in [-0.39, 0.29) is 17.5 Å². The summed E-state index contributed by atoms with van der Waals surface area (Å²) in [5, 5.41) is 10.2. The standard InChI is InChI=1S/C15H17FN2O2/c16-14-3-1-2-12-13(14)8-10(17-15(12)20)4-6-18-7-5-11(19)9-18/h1-3,8,11,19H,4-7,9H2,(H,17,20). The number of H-pyrrole nitrogens is 1. The highest BCUT2D eigenvalue weighted by atomic mass is 19.1. The fraction of sp³-hybridized carbons (Fsp3) is 0.400. The van der Waals surface area contributed by atoms with Crippen LogP contribution in [-0.2, 0) is 6.42 Å². The van der Waals surface area contributed by atoms with Crippen LogP contribution in [0.1, 0.15) is 12.1 Å². The molecule has 0 bridgehead atoms. The van der Waals surface area contributed by atoms with Gasteiger partial charge >= 0.3 is 0 Å². The maximum Gasteiger partial charge on any atom is 0.256 e. The normalized spacial score (nSPS) is 19.8. The van der Waals surface area contributed by atoms with E-state index < -0.39 is 0 Å². The van der Waals surface area contributed by atoms with E-state index in [0.29, 0.717) is 23.7 Å². The van der Waals surface area contributed by atoms with Gasteiger partial charge in [-0.2, -0.15) is 0 Å². The van der Waals surface area contributed by atoms with Gasteiger partial charge in [0.05, 0.1) is 6.10 Å². The number of aliphatic hydroxyl groups excluding tert-OH is 1. The SMILES string of the molecule is O=c1[nH]c(CCN2CCC(O)C2)cc2c(F)cccc12. The summed E-state index contributed by atoms with van der Waals surface area (Å²) in [6.45, 7) is 2.30. The number of fused-ring (bicyclic) bond motifs is 1. The van der Waals surface area contributed by atoms with Gasteiger partial charge in [0.15, 0.2) is 0 Å². The summed E-state index contributed by atoms with van der Waals surface area (Å²) >= 11 is 0. The number of nitrogens with zero attached hydrogens (tertiary/aromatic N) is 1. The summed E-state index contributed by atoms with van der Waals surface area (Å²) in [4.78, 5) is 16.9. The summed E-state index contributed by atoms with van der Waals surface area (Å²) in [6, 6.07) is 6.23. The van der Waals surface area contributed by atoms with Crippen LogP contribution < -0.4 is 5.56 Å². The smallest absolute Gasteiger partial charge is 0.256 e. The molecule has 1 fully saturated rings. The second-order valence-electron chi connectivity index (χ2n) is 5.32. The molecule has 4 nitrogen and oxygen atoms in total. The van der Waals surface area contributed by atoms with Crippen LogP contribution >= 0.6 is 0 Å². The number of likely N-dealkylation sites (tertiary alicyclic amines) is 1. The summed E-state index contributed by atoms with van der Waals surface area (Å²) in [7, 11) is 0. The molecule has 2 aromatic rings. The highest BCUT2D eigenvalue weighted by molar-refractivity contribution is 5.82. The Morgan fingerprint density at radius 3 is 3.00 bits per heavy atom. The lowest BCUT2D eigenvalue weighted by molar-refractivity contribution is 0.176. The Labute approximate surface area is 115 Å². The number of aromatic amines is 1. The zero-order chi connectivity index (χ0) is 14.1. The van der Waals surface area contributed by atoms with E-state index in [1.165, 1.54) is 12.1 Å². The molecule has 0 spiro atoms. The van der Waals surface area contributed by atoms with Gasteiger partial charge in [0, 0.05) is 42.5 Å². The van der Waals surface area contributed by atoms with E-state index >= 15 is 0 Å². The van der Waals surface area contributed by atoms with Crippen LogP contribution in [-0.4, -0.2) is 40.7 Å². The van der Waals surface area contributed by atoms with E-state index in [2.05, 4.69) is 9.88 Å². The lowest BCUT2D eigenvalue weighted by Crippen LogP contribution is -2.25. The number of pyridine rings is 1. The quantitative estimate of drug-likeness (QED) is 0.888. The van der Waals surface area contributed by atoms with Crippen molar-refractivity contribution in [2.75, 3.05) is 19.6 Å². The van der Waals surface area contributed by atoms with Crippen LogP contribution in [0.3, 0.4) is 0 Å². The van der Waals surface area contributed by atoms with Crippen molar-refractivity contribution in [3.8, 4) is 0 Å². The molecule has 0 saturated carbocycles. The van der Waals surface area contributed by atoms with Crippen molar-refractivity contribution in [3.05, 3.63) is 46.1 Å². The molecule has 106 valence electrons. The third-order valence-electron chi connectivity index (χ3n) is 3.84. The van der Waals surface area contributed by atoms with Crippen molar-refractivity contribution in [2.24, 2.45) is 0 Å². The summed E-state index contributed by atoms with van der Waals surface area (Å²) in [6.07, 6.45) is 1.19. The number of aromatic nitrogens is 1. The number of β-amino-alcohol motifs (C(OH)–C–C–N with tert-alkyl or cyclic N) is 1. The largest absolute Gasteiger partial charge is 0.392 e. The van der Waals surface area contributed by atoms with E-state index in [0.717, 1.165) is 25.2 Å². The topological polar surface area (TPSA) is 56.3 Å². The highest BCUT2D eigenvalue weighted by Crippen LogP contribution is 2.16. The van der Waals surface area contributed by atoms with Crippen LogP contribution in [0.4, 0.5) is 4.39 Å². The maximum absolute atomic E-state index is 13.7. The molecule has 2 N–H and O–H groups in total. The number of halogens is 1. The van der Waals surface area contributed by atoms with Gasteiger partial charge in [-0.3, -0.25) is 4.79 Å². The van der Waals surface area contributed by atoms with Crippen LogP contribution in [0, 0.1) is 5.82 Å². The Hall–Kier alpha value is -1.72. The molecular weight excluding hydrogens is 259 g/mol. The predicted octanol–water partition coefficient (Wildman–Crippen LogP) is 1.28. The van der Waals surface area contributed by atoms with Crippen molar-refractivity contribution in [2.45, 2.75) is 18.9 Å². The number of aliphatic hydroxyl groups is 1. The van der Waals surface area contributed by atoms with Crippen molar-refractivity contribution in [1.82, 2.24) is 9.88 Å². The average Bonchev–Trinajstić information content (AvgIpc) is 2.84. The molecule has 5 heteroatoms. The Balaban J connectivity index is 1.82. The van der Waals surface area contributed by atoms with Crippen LogP contribution in [0.5, 0.6) is 0 Å². The Bertz CT molecular complexity index is 683. The molecule has 1 aromatic heterocycles. The van der Waals surface area contributed by atoms with E-state index in [1.807, 2.05) is 0 Å². The molecule has 1 aliphatic heterocycles. The predicted molar refractivity (Wildman–Crippen MR) is 75.3 cm³/mol. The second kappa shape index (κ2) is 5.34. The van der Waals surface area contributed by atoms with Gasteiger partial charge in [-0.05, 0) is 24.6 Å². The molecule has 2 heterocycles. The number of nitrogens with one attached hydrogen (secondary N) is 1. The molecule has 20 heavy (non-hydrogen) atoms. The van der Waals surface area contributed by atoms with Crippen LogP contribution in [0.25, 0.3) is 10.8 Å². The van der Waals surface area contributed by atoms with Crippen molar-refractivity contribution in [1.29, 1.82) is 0 Å². The van der Waals surface area contributed by atoms with Crippen LogP contribution in [0.15, 0.2) is 29.1 Å². The third kappa shape index (κ3) is 2.59. The minimum Gasteiger partial charge on any atom is -0.392 e. The van der Waals surface area contributed by atoms with Crippen LogP contribution in [0.2, 0.25) is 0 Å². The molecule has 3 rings (SSSR count). The molecule has 0 aliphatic carbocycles. The van der Waals surface area contributed by atoms with Crippen molar-refractivity contribution < 1.29 is 9.50 Å².